The fraction of sp³-hybridized carbons (Fsp3) is 0.292. The maximum Gasteiger partial charge on any atom is 0.343 e. The molecule has 144 valence electrons. The smallest absolute Gasteiger partial charge is 0.343 e. The summed E-state index contributed by atoms with van der Waals surface area (Å²) >= 11 is 0. The van der Waals surface area contributed by atoms with Crippen molar-refractivity contribution >= 4 is 0 Å². The predicted molar refractivity (Wildman–Crippen MR) is 108 cm³/mol. The molecule has 0 radical (unpaired) electrons. The van der Waals surface area contributed by atoms with Gasteiger partial charge in [-0.3, -0.25) is 0 Å². The van der Waals surface area contributed by atoms with Crippen molar-refractivity contribution < 1.29 is 14.6 Å². The maximum atomic E-state index is 12.8. The summed E-state index contributed by atoms with van der Waals surface area (Å²) in [5.74, 6) is 0.391. The Bertz CT molecular complexity index is 974. The van der Waals surface area contributed by atoms with Gasteiger partial charge in [-0.05, 0) is 29.9 Å². The van der Waals surface area contributed by atoms with E-state index >= 15 is 0 Å². The minimum absolute atomic E-state index is 0.0169. The first-order valence-electron chi connectivity index (χ1n) is 9.74. The first-order chi connectivity index (χ1) is 13.7. The lowest BCUT2D eigenvalue weighted by Crippen LogP contribution is -2.17. The third kappa shape index (κ3) is 3.87. The van der Waals surface area contributed by atoms with Gasteiger partial charge in [0, 0.05) is 24.3 Å². The van der Waals surface area contributed by atoms with Gasteiger partial charge in [-0.15, -0.1) is 0 Å². The van der Waals surface area contributed by atoms with Crippen molar-refractivity contribution in [1.29, 1.82) is 0 Å². The van der Waals surface area contributed by atoms with Crippen LogP contribution in [0, 0.1) is 5.92 Å². The van der Waals surface area contributed by atoms with Crippen molar-refractivity contribution in [3.8, 4) is 5.75 Å². The molecule has 1 heterocycles. The fourth-order valence-corrected chi connectivity index (χ4v) is 3.95. The highest BCUT2D eigenvalue weighted by Crippen LogP contribution is 2.47. The third-order valence-corrected chi connectivity index (χ3v) is 5.52. The second-order valence-corrected chi connectivity index (χ2v) is 7.52. The summed E-state index contributed by atoms with van der Waals surface area (Å²) < 4.78 is 5.60. The van der Waals surface area contributed by atoms with E-state index in [4.69, 9.17) is 4.42 Å². The van der Waals surface area contributed by atoms with E-state index in [-0.39, 0.29) is 24.2 Å². The molecule has 4 heteroatoms. The van der Waals surface area contributed by atoms with E-state index in [1.165, 1.54) is 0 Å². The molecule has 2 atom stereocenters. The Morgan fingerprint density at radius 3 is 2.11 bits per heavy atom. The van der Waals surface area contributed by atoms with Gasteiger partial charge in [0.25, 0.3) is 0 Å². The number of rotatable bonds is 7. The summed E-state index contributed by atoms with van der Waals surface area (Å²) in [6.45, 7) is -0.0645. The van der Waals surface area contributed by atoms with Crippen LogP contribution in [0.25, 0.3) is 0 Å². The van der Waals surface area contributed by atoms with Gasteiger partial charge in [0.15, 0.2) is 0 Å². The molecule has 2 aromatic carbocycles. The van der Waals surface area contributed by atoms with E-state index in [1.54, 1.807) is 6.07 Å². The van der Waals surface area contributed by atoms with E-state index in [9.17, 15) is 15.0 Å². The van der Waals surface area contributed by atoms with Crippen LogP contribution in [0.5, 0.6) is 5.75 Å². The van der Waals surface area contributed by atoms with Crippen molar-refractivity contribution in [3.05, 3.63) is 99.6 Å². The molecule has 0 spiro atoms. The molecule has 0 bridgehead atoms. The van der Waals surface area contributed by atoms with Crippen LogP contribution in [0.4, 0.5) is 0 Å². The highest BCUT2D eigenvalue weighted by Gasteiger charge is 2.37. The molecule has 2 N–H and O–H groups in total. The average Bonchev–Trinajstić information content (AvgIpc) is 3.55. The topological polar surface area (TPSA) is 70.7 Å². The predicted octanol–water partition coefficient (Wildman–Crippen LogP) is 4.21. The average molecular weight is 376 g/mol. The minimum Gasteiger partial charge on any atom is -0.507 e. The van der Waals surface area contributed by atoms with Gasteiger partial charge in [0.1, 0.15) is 11.5 Å². The second kappa shape index (κ2) is 8.03. The minimum atomic E-state index is -0.486. The first kappa shape index (κ1) is 18.5. The lowest BCUT2D eigenvalue weighted by molar-refractivity contribution is 0.257. The molecule has 28 heavy (non-hydrogen) atoms. The molecule has 4 nitrogen and oxygen atoms in total. The number of hydrogen-bond acceptors (Lipinski definition) is 4. The quantitative estimate of drug-likeness (QED) is 0.648. The van der Waals surface area contributed by atoms with Crippen molar-refractivity contribution in [2.45, 2.75) is 31.1 Å². The van der Waals surface area contributed by atoms with E-state index in [2.05, 4.69) is 0 Å². The van der Waals surface area contributed by atoms with Gasteiger partial charge in [0.2, 0.25) is 0 Å². The van der Waals surface area contributed by atoms with Gasteiger partial charge < -0.3 is 14.6 Å². The Balaban J connectivity index is 1.66. The molecular formula is C24H24O4. The lowest BCUT2D eigenvalue weighted by Gasteiger charge is -2.18. The van der Waals surface area contributed by atoms with Crippen LogP contribution < -0.4 is 5.63 Å². The highest BCUT2D eigenvalue weighted by molar-refractivity contribution is 5.41. The molecule has 0 aliphatic heterocycles. The highest BCUT2D eigenvalue weighted by atomic mass is 16.4. The number of hydrogen-bond donors (Lipinski definition) is 2. The molecule has 4 rings (SSSR count). The van der Waals surface area contributed by atoms with Crippen LogP contribution in [-0.2, 0) is 6.42 Å². The second-order valence-electron chi connectivity index (χ2n) is 7.52. The SMILES string of the molecule is O=c1oc(CC(CO)c2ccccc2)cc(O)c1C(c1ccccc1)C1CC1. The summed E-state index contributed by atoms with van der Waals surface area (Å²) in [6.07, 6.45) is 2.44. The monoisotopic (exact) mass is 376 g/mol. The van der Waals surface area contributed by atoms with Gasteiger partial charge in [-0.1, -0.05) is 60.7 Å². The van der Waals surface area contributed by atoms with Crippen LogP contribution in [0.2, 0.25) is 0 Å². The lowest BCUT2D eigenvalue weighted by atomic mass is 9.87. The Morgan fingerprint density at radius 1 is 0.964 bits per heavy atom. The number of aliphatic hydroxyl groups excluding tert-OH is 1. The molecule has 1 saturated carbocycles. The van der Waals surface area contributed by atoms with Gasteiger partial charge in [-0.2, -0.15) is 0 Å². The largest absolute Gasteiger partial charge is 0.507 e. The van der Waals surface area contributed by atoms with Crippen LogP contribution in [-0.4, -0.2) is 16.8 Å². The van der Waals surface area contributed by atoms with E-state index in [0.717, 1.165) is 24.0 Å². The van der Waals surface area contributed by atoms with E-state index in [1.807, 2.05) is 60.7 Å². The van der Waals surface area contributed by atoms with E-state index in [0.29, 0.717) is 23.7 Å². The Morgan fingerprint density at radius 2 is 1.57 bits per heavy atom. The van der Waals surface area contributed by atoms with Gasteiger partial charge in [0.05, 0.1) is 12.2 Å². The molecular weight excluding hydrogens is 352 g/mol. The zero-order chi connectivity index (χ0) is 19.5. The summed E-state index contributed by atoms with van der Waals surface area (Å²) in [5, 5.41) is 20.5. The Labute approximate surface area is 164 Å². The summed E-state index contributed by atoms with van der Waals surface area (Å²) in [7, 11) is 0. The molecule has 1 aromatic heterocycles. The van der Waals surface area contributed by atoms with Crippen LogP contribution in [0.3, 0.4) is 0 Å². The Kier molecular flexibility index (Phi) is 5.31. The van der Waals surface area contributed by atoms with Gasteiger partial charge in [-0.25, -0.2) is 4.79 Å². The van der Waals surface area contributed by atoms with E-state index < -0.39 is 5.63 Å². The summed E-state index contributed by atoms with van der Waals surface area (Å²) in [5.41, 5.74) is 1.85. The Hall–Kier alpha value is -2.85. The standard InChI is InChI=1S/C24H24O4/c25-15-19(16-7-3-1-4-8-16)13-20-14-21(26)23(24(27)28-20)22(18-11-12-18)17-9-5-2-6-10-17/h1-10,14,18-19,22,25-26H,11-13,15H2. The van der Waals surface area contributed by atoms with Crippen molar-refractivity contribution in [2.24, 2.45) is 5.92 Å². The molecule has 0 saturated heterocycles. The van der Waals surface area contributed by atoms with Gasteiger partial charge >= 0.3 is 5.63 Å². The van der Waals surface area contributed by atoms with Crippen molar-refractivity contribution in [3.63, 3.8) is 0 Å². The van der Waals surface area contributed by atoms with Crippen molar-refractivity contribution in [2.75, 3.05) is 6.61 Å². The van der Waals surface area contributed by atoms with Crippen LogP contribution >= 0.6 is 0 Å². The molecule has 1 aliphatic rings. The normalized spacial score (nSPS) is 15.9. The third-order valence-electron chi connectivity index (χ3n) is 5.52. The molecule has 1 fully saturated rings. The number of aromatic hydroxyl groups is 1. The van der Waals surface area contributed by atoms with Crippen LogP contribution in [0.1, 0.15) is 47.1 Å². The zero-order valence-electron chi connectivity index (χ0n) is 15.6. The molecule has 2 unspecified atom stereocenters. The summed E-state index contributed by atoms with van der Waals surface area (Å²) in [4.78, 5) is 12.8. The molecule has 3 aromatic rings. The maximum absolute atomic E-state index is 12.8. The number of benzene rings is 2. The number of aliphatic hydroxyl groups is 1. The molecule has 1 aliphatic carbocycles. The first-order valence-corrected chi connectivity index (χ1v) is 9.74. The molecule has 0 amide bonds. The summed E-state index contributed by atoms with van der Waals surface area (Å²) in [6, 6.07) is 21.0. The van der Waals surface area contributed by atoms with Crippen LogP contribution in [0.15, 0.2) is 75.9 Å². The zero-order valence-corrected chi connectivity index (χ0v) is 15.6. The van der Waals surface area contributed by atoms with Crippen molar-refractivity contribution in [1.82, 2.24) is 0 Å². The fourth-order valence-electron chi connectivity index (χ4n) is 3.95.